The summed E-state index contributed by atoms with van der Waals surface area (Å²) in [4.78, 5) is 21.5. The van der Waals surface area contributed by atoms with Crippen molar-refractivity contribution in [3.63, 3.8) is 0 Å². The van der Waals surface area contributed by atoms with Crippen molar-refractivity contribution in [3.8, 4) is 0 Å². The van der Waals surface area contributed by atoms with Gasteiger partial charge in [0.1, 0.15) is 4.33 Å². The summed E-state index contributed by atoms with van der Waals surface area (Å²) in [6.07, 6.45) is 0.490. The summed E-state index contributed by atoms with van der Waals surface area (Å²) in [5.74, 6) is -0.702. The Morgan fingerprint density at radius 1 is 1.53 bits per heavy atom. The maximum Gasteiger partial charge on any atom is 0.313 e. The molecule has 0 aromatic carbocycles. The van der Waals surface area contributed by atoms with Crippen LogP contribution in [0.25, 0.3) is 0 Å². The van der Waals surface area contributed by atoms with E-state index in [0.717, 1.165) is 0 Å². The average molecular weight is 272 g/mol. The highest BCUT2D eigenvalue weighted by atomic mass is 35.5. The number of nitrogens with one attached hydrogen (secondary N) is 1. The molecule has 1 aliphatic rings. The molecule has 86 valence electrons. The van der Waals surface area contributed by atoms with E-state index in [1.54, 1.807) is 0 Å². The summed E-state index contributed by atoms with van der Waals surface area (Å²) in [6.45, 7) is 0.442. The van der Waals surface area contributed by atoms with Crippen molar-refractivity contribution in [2.75, 3.05) is 18.1 Å². The molecule has 0 aromatic heterocycles. The van der Waals surface area contributed by atoms with Gasteiger partial charge < -0.3 is 10.4 Å². The van der Waals surface area contributed by atoms with Crippen LogP contribution < -0.4 is 5.32 Å². The maximum atomic E-state index is 11.3. The Morgan fingerprint density at radius 2 is 2.13 bits per heavy atom. The molecule has 1 aliphatic carbocycles. The standard InChI is InChI=1S/C8H11Cl2NO3S/c9-8(10)3-5(8)7(14)11-1-2-15-4-6(12)13/h5H,1-4H2,(H,11,14)(H,12,13). The minimum Gasteiger partial charge on any atom is -0.481 e. The highest BCUT2D eigenvalue weighted by Crippen LogP contribution is 2.53. The van der Waals surface area contributed by atoms with Gasteiger partial charge in [0.05, 0.1) is 11.7 Å². The largest absolute Gasteiger partial charge is 0.481 e. The molecule has 1 saturated carbocycles. The second-order valence-corrected chi connectivity index (χ2v) is 5.90. The van der Waals surface area contributed by atoms with Gasteiger partial charge in [-0.2, -0.15) is 0 Å². The van der Waals surface area contributed by atoms with E-state index < -0.39 is 10.3 Å². The number of thioether (sulfide) groups is 1. The van der Waals surface area contributed by atoms with Crippen LogP contribution in [-0.4, -0.2) is 39.4 Å². The van der Waals surface area contributed by atoms with Gasteiger partial charge in [0.25, 0.3) is 0 Å². The number of alkyl halides is 2. The van der Waals surface area contributed by atoms with Crippen molar-refractivity contribution in [2.24, 2.45) is 5.92 Å². The van der Waals surface area contributed by atoms with Crippen LogP contribution in [0.4, 0.5) is 0 Å². The summed E-state index contributed by atoms with van der Waals surface area (Å²) in [5.41, 5.74) is 0. The van der Waals surface area contributed by atoms with Gasteiger partial charge in [-0.05, 0) is 6.42 Å². The number of amides is 1. The monoisotopic (exact) mass is 271 g/mol. The zero-order valence-electron chi connectivity index (χ0n) is 7.83. The molecule has 0 saturated heterocycles. The van der Waals surface area contributed by atoms with Crippen molar-refractivity contribution in [1.82, 2.24) is 5.32 Å². The third kappa shape index (κ3) is 4.49. The van der Waals surface area contributed by atoms with E-state index in [1.807, 2.05) is 0 Å². The van der Waals surface area contributed by atoms with Crippen molar-refractivity contribution < 1.29 is 14.7 Å². The Labute approximate surface area is 102 Å². The van der Waals surface area contributed by atoms with Gasteiger partial charge in [-0.25, -0.2) is 0 Å². The molecule has 0 bridgehead atoms. The lowest BCUT2D eigenvalue weighted by molar-refractivity contribution is -0.133. The maximum absolute atomic E-state index is 11.3. The van der Waals surface area contributed by atoms with Crippen molar-refractivity contribution in [1.29, 1.82) is 0 Å². The van der Waals surface area contributed by atoms with Crippen LogP contribution in [0.1, 0.15) is 6.42 Å². The summed E-state index contributed by atoms with van der Waals surface area (Å²) < 4.78 is -0.891. The quantitative estimate of drug-likeness (QED) is 0.561. The highest BCUT2D eigenvalue weighted by molar-refractivity contribution is 7.99. The molecule has 1 atom stereocenters. The average Bonchev–Trinajstić information content (AvgIpc) is 2.74. The molecule has 0 radical (unpaired) electrons. The van der Waals surface area contributed by atoms with Gasteiger partial charge in [-0.15, -0.1) is 35.0 Å². The zero-order valence-corrected chi connectivity index (χ0v) is 10.2. The van der Waals surface area contributed by atoms with E-state index in [0.29, 0.717) is 18.7 Å². The van der Waals surface area contributed by atoms with E-state index in [2.05, 4.69) is 5.32 Å². The van der Waals surface area contributed by atoms with Gasteiger partial charge in [-0.3, -0.25) is 9.59 Å². The lowest BCUT2D eigenvalue weighted by atomic mass is 10.4. The Morgan fingerprint density at radius 3 is 2.60 bits per heavy atom. The summed E-state index contributed by atoms with van der Waals surface area (Å²) in [7, 11) is 0. The van der Waals surface area contributed by atoms with Crippen LogP contribution in [0.2, 0.25) is 0 Å². The fourth-order valence-electron chi connectivity index (χ4n) is 1.03. The van der Waals surface area contributed by atoms with Crippen molar-refractivity contribution in [3.05, 3.63) is 0 Å². The smallest absolute Gasteiger partial charge is 0.313 e. The first kappa shape index (κ1) is 12.9. The molecule has 0 spiro atoms. The zero-order chi connectivity index (χ0) is 11.5. The number of carboxylic acid groups (broad SMARTS) is 1. The van der Waals surface area contributed by atoms with Gasteiger partial charge >= 0.3 is 5.97 Å². The van der Waals surface area contributed by atoms with Gasteiger partial charge in [0.15, 0.2) is 0 Å². The van der Waals surface area contributed by atoms with Crippen molar-refractivity contribution >= 4 is 46.8 Å². The molecule has 1 unspecified atom stereocenters. The molecule has 4 nitrogen and oxygen atoms in total. The molecule has 7 heteroatoms. The normalized spacial score (nSPS) is 22.1. The van der Waals surface area contributed by atoms with Crippen LogP contribution in [0, 0.1) is 5.92 Å². The van der Waals surface area contributed by atoms with Gasteiger partial charge in [-0.1, -0.05) is 0 Å². The molecule has 0 aromatic rings. The Balaban J connectivity index is 2.01. The minimum atomic E-state index is -0.891. The van der Waals surface area contributed by atoms with E-state index in [4.69, 9.17) is 28.3 Å². The highest BCUT2D eigenvalue weighted by Gasteiger charge is 2.56. The Hall–Kier alpha value is -0.130. The first-order valence-electron chi connectivity index (χ1n) is 4.38. The summed E-state index contributed by atoms with van der Waals surface area (Å²) in [5, 5.41) is 11.0. The first-order valence-corrected chi connectivity index (χ1v) is 6.29. The minimum absolute atomic E-state index is 0.0499. The molecule has 1 amide bonds. The second-order valence-electron chi connectivity index (χ2n) is 3.26. The number of hydrogen-bond acceptors (Lipinski definition) is 3. The number of halogens is 2. The molecule has 1 fully saturated rings. The second kappa shape index (κ2) is 5.27. The molecule has 2 N–H and O–H groups in total. The fraction of sp³-hybridized carbons (Fsp3) is 0.750. The van der Waals surface area contributed by atoms with Crippen LogP contribution in [-0.2, 0) is 9.59 Å². The summed E-state index contributed by atoms with van der Waals surface area (Å²) in [6, 6.07) is 0. The van der Waals surface area contributed by atoms with E-state index in [1.165, 1.54) is 11.8 Å². The number of carboxylic acids is 1. The van der Waals surface area contributed by atoms with Crippen LogP contribution in [0.5, 0.6) is 0 Å². The Bertz CT molecular complexity index is 273. The molecule has 0 heterocycles. The predicted octanol–water partition coefficient (Wildman–Crippen LogP) is 1.11. The molecule has 1 rings (SSSR count). The lowest BCUT2D eigenvalue weighted by Gasteiger charge is -2.03. The molecule has 0 aliphatic heterocycles. The third-order valence-electron chi connectivity index (χ3n) is 1.91. The third-order valence-corrected chi connectivity index (χ3v) is 3.69. The fourth-order valence-corrected chi connectivity index (χ4v) is 2.10. The number of carbonyl (C=O) groups excluding carboxylic acids is 1. The number of aliphatic carboxylic acids is 1. The van der Waals surface area contributed by atoms with E-state index in [-0.39, 0.29) is 17.6 Å². The predicted molar refractivity (Wildman–Crippen MR) is 60.5 cm³/mol. The number of rotatable bonds is 6. The van der Waals surface area contributed by atoms with E-state index in [9.17, 15) is 9.59 Å². The van der Waals surface area contributed by atoms with Crippen LogP contribution in [0.15, 0.2) is 0 Å². The first-order chi connectivity index (χ1) is 6.93. The molecular weight excluding hydrogens is 261 g/mol. The SMILES string of the molecule is O=C(O)CSCCNC(=O)C1CC1(Cl)Cl. The Kier molecular flexibility index (Phi) is 4.55. The van der Waals surface area contributed by atoms with E-state index >= 15 is 0 Å². The van der Waals surface area contributed by atoms with Crippen molar-refractivity contribution in [2.45, 2.75) is 10.8 Å². The van der Waals surface area contributed by atoms with Gasteiger partial charge in [0, 0.05) is 12.3 Å². The lowest BCUT2D eigenvalue weighted by Crippen LogP contribution is -2.28. The summed E-state index contributed by atoms with van der Waals surface area (Å²) >= 11 is 12.7. The van der Waals surface area contributed by atoms with Crippen LogP contribution >= 0.6 is 35.0 Å². The van der Waals surface area contributed by atoms with Crippen LogP contribution in [0.3, 0.4) is 0 Å². The van der Waals surface area contributed by atoms with Gasteiger partial charge in [0.2, 0.25) is 5.91 Å². The molecular formula is C8H11Cl2NO3S. The topological polar surface area (TPSA) is 66.4 Å². The number of carbonyl (C=O) groups is 2. The number of hydrogen-bond donors (Lipinski definition) is 2. The molecule has 15 heavy (non-hydrogen) atoms.